The van der Waals surface area contributed by atoms with Gasteiger partial charge in [-0.05, 0) is 20.3 Å². The van der Waals surface area contributed by atoms with Gasteiger partial charge in [-0.1, -0.05) is 12.5 Å². The van der Waals surface area contributed by atoms with Crippen molar-refractivity contribution in [2.24, 2.45) is 0 Å². The summed E-state index contributed by atoms with van der Waals surface area (Å²) in [4.78, 5) is 13.8. The highest BCUT2D eigenvalue weighted by atomic mass is 16.2. The smallest absolute Gasteiger partial charge is 0.246 e. The van der Waals surface area contributed by atoms with Crippen LogP contribution in [0.15, 0.2) is 11.6 Å². The summed E-state index contributed by atoms with van der Waals surface area (Å²) in [7, 11) is 0. The second-order valence-corrected chi connectivity index (χ2v) is 4.07. The Morgan fingerprint density at radius 3 is 2.50 bits per heavy atom. The molecule has 0 saturated carbocycles. The molecule has 1 aliphatic heterocycles. The van der Waals surface area contributed by atoms with Gasteiger partial charge in [-0.25, -0.2) is 0 Å². The van der Waals surface area contributed by atoms with Crippen molar-refractivity contribution in [3.05, 3.63) is 11.6 Å². The summed E-state index contributed by atoms with van der Waals surface area (Å²) in [6, 6.07) is 0.415. The molecule has 0 aromatic carbocycles. The van der Waals surface area contributed by atoms with Gasteiger partial charge in [-0.2, -0.15) is 0 Å². The van der Waals surface area contributed by atoms with Crippen molar-refractivity contribution in [1.82, 2.24) is 10.2 Å². The van der Waals surface area contributed by atoms with Crippen LogP contribution in [0.5, 0.6) is 0 Å². The summed E-state index contributed by atoms with van der Waals surface area (Å²) in [5.74, 6) is 0.165. The normalized spacial score (nSPS) is 15.9. The average Bonchev–Trinajstić information content (AvgIpc) is 1.98. The molecule has 1 N–H and O–H groups in total. The second-order valence-electron chi connectivity index (χ2n) is 4.07. The van der Waals surface area contributed by atoms with E-state index in [-0.39, 0.29) is 5.91 Å². The Kier molecular flexibility index (Phi) is 4.14. The highest BCUT2D eigenvalue weighted by molar-refractivity contribution is 5.88. The highest BCUT2D eigenvalue weighted by Gasteiger charge is 2.26. The first-order chi connectivity index (χ1) is 6.65. The topological polar surface area (TPSA) is 32.3 Å². The standard InChI is InChI=1S/C11H20N2O/c1-4-5-13(10-7-12-8-10)11(14)6-9(2)3/h6,10,12H,4-5,7-8H2,1-3H3. The summed E-state index contributed by atoms with van der Waals surface area (Å²) >= 11 is 0. The lowest BCUT2D eigenvalue weighted by Gasteiger charge is -2.37. The van der Waals surface area contributed by atoms with Crippen LogP contribution in [0.25, 0.3) is 0 Å². The average molecular weight is 196 g/mol. The number of hydrogen-bond acceptors (Lipinski definition) is 2. The van der Waals surface area contributed by atoms with Gasteiger partial charge in [0.25, 0.3) is 0 Å². The third-order valence-corrected chi connectivity index (χ3v) is 2.36. The minimum atomic E-state index is 0.165. The molecule has 1 rings (SSSR count). The number of rotatable bonds is 4. The number of nitrogens with one attached hydrogen (secondary N) is 1. The summed E-state index contributed by atoms with van der Waals surface area (Å²) < 4.78 is 0. The van der Waals surface area contributed by atoms with Gasteiger partial charge < -0.3 is 10.2 Å². The third kappa shape index (κ3) is 2.84. The molecule has 0 aliphatic carbocycles. The maximum Gasteiger partial charge on any atom is 0.246 e. The van der Waals surface area contributed by atoms with Crippen molar-refractivity contribution in [1.29, 1.82) is 0 Å². The van der Waals surface area contributed by atoms with Crippen LogP contribution in [-0.4, -0.2) is 36.5 Å². The molecule has 0 aromatic rings. The van der Waals surface area contributed by atoms with E-state index in [0.717, 1.165) is 31.6 Å². The third-order valence-electron chi connectivity index (χ3n) is 2.36. The van der Waals surface area contributed by atoms with Crippen molar-refractivity contribution in [2.75, 3.05) is 19.6 Å². The van der Waals surface area contributed by atoms with Crippen molar-refractivity contribution >= 4 is 5.91 Å². The maximum atomic E-state index is 11.8. The van der Waals surface area contributed by atoms with Gasteiger partial charge in [0.1, 0.15) is 0 Å². The van der Waals surface area contributed by atoms with Crippen LogP contribution in [0.1, 0.15) is 27.2 Å². The molecule has 14 heavy (non-hydrogen) atoms. The molecule has 0 spiro atoms. The maximum absolute atomic E-state index is 11.8. The fourth-order valence-electron chi connectivity index (χ4n) is 1.54. The lowest BCUT2D eigenvalue weighted by atomic mass is 10.1. The van der Waals surface area contributed by atoms with E-state index < -0.39 is 0 Å². The molecule has 3 heteroatoms. The van der Waals surface area contributed by atoms with Crippen molar-refractivity contribution in [3.63, 3.8) is 0 Å². The molecule has 1 saturated heterocycles. The van der Waals surface area contributed by atoms with Gasteiger partial charge in [-0.15, -0.1) is 0 Å². The second kappa shape index (κ2) is 5.15. The van der Waals surface area contributed by atoms with Crippen LogP contribution in [0, 0.1) is 0 Å². The minimum absolute atomic E-state index is 0.165. The molecule has 0 unspecified atom stereocenters. The van der Waals surface area contributed by atoms with Gasteiger partial charge in [0.2, 0.25) is 5.91 Å². The van der Waals surface area contributed by atoms with E-state index in [9.17, 15) is 4.79 Å². The molecular weight excluding hydrogens is 176 g/mol. The Morgan fingerprint density at radius 1 is 1.50 bits per heavy atom. The van der Waals surface area contributed by atoms with E-state index in [1.807, 2.05) is 18.7 Å². The molecule has 1 aliphatic rings. The summed E-state index contributed by atoms with van der Waals surface area (Å²) in [6.07, 6.45) is 2.76. The van der Waals surface area contributed by atoms with Gasteiger partial charge in [-0.3, -0.25) is 4.79 Å². The van der Waals surface area contributed by atoms with Crippen LogP contribution in [0.3, 0.4) is 0 Å². The van der Waals surface area contributed by atoms with E-state index >= 15 is 0 Å². The molecular formula is C11H20N2O. The number of carbonyl (C=O) groups is 1. The quantitative estimate of drug-likeness (QED) is 0.684. The molecule has 0 aromatic heterocycles. The van der Waals surface area contributed by atoms with Crippen LogP contribution in [0.2, 0.25) is 0 Å². The van der Waals surface area contributed by atoms with Crippen molar-refractivity contribution in [2.45, 2.75) is 33.2 Å². The Hall–Kier alpha value is -0.830. The molecule has 3 nitrogen and oxygen atoms in total. The Balaban J connectivity index is 2.56. The van der Waals surface area contributed by atoms with Crippen LogP contribution in [-0.2, 0) is 4.79 Å². The predicted molar refractivity (Wildman–Crippen MR) is 58.1 cm³/mol. The zero-order chi connectivity index (χ0) is 10.6. The lowest BCUT2D eigenvalue weighted by Crippen LogP contribution is -2.58. The SMILES string of the molecule is CCCN(C(=O)C=C(C)C)C1CNC1. The largest absolute Gasteiger partial charge is 0.334 e. The van der Waals surface area contributed by atoms with Gasteiger partial charge in [0, 0.05) is 25.7 Å². The number of carbonyl (C=O) groups excluding carboxylic acids is 1. The highest BCUT2D eigenvalue weighted by Crippen LogP contribution is 2.08. The van der Waals surface area contributed by atoms with Crippen molar-refractivity contribution < 1.29 is 4.79 Å². The van der Waals surface area contributed by atoms with E-state index in [1.165, 1.54) is 0 Å². The van der Waals surface area contributed by atoms with Gasteiger partial charge in [0.05, 0.1) is 6.04 Å². The van der Waals surface area contributed by atoms with Crippen LogP contribution in [0.4, 0.5) is 0 Å². The van der Waals surface area contributed by atoms with E-state index in [2.05, 4.69) is 12.2 Å². The van der Waals surface area contributed by atoms with E-state index in [1.54, 1.807) is 6.08 Å². The van der Waals surface area contributed by atoms with Gasteiger partial charge >= 0.3 is 0 Å². The first-order valence-corrected chi connectivity index (χ1v) is 5.31. The number of nitrogens with zero attached hydrogens (tertiary/aromatic N) is 1. The predicted octanol–water partition coefficient (Wildman–Crippen LogP) is 1.16. The molecule has 1 fully saturated rings. The van der Waals surface area contributed by atoms with Gasteiger partial charge in [0.15, 0.2) is 0 Å². The Labute approximate surface area is 86.2 Å². The molecule has 1 amide bonds. The zero-order valence-electron chi connectivity index (χ0n) is 9.34. The van der Waals surface area contributed by atoms with Crippen LogP contribution >= 0.6 is 0 Å². The first-order valence-electron chi connectivity index (χ1n) is 5.31. The number of allylic oxidation sites excluding steroid dienone is 1. The number of amides is 1. The monoisotopic (exact) mass is 196 g/mol. The lowest BCUT2D eigenvalue weighted by molar-refractivity contribution is -0.129. The van der Waals surface area contributed by atoms with E-state index in [4.69, 9.17) is 0 Å². The first kappa shape index (κ1) is 11.2. The zero-order valence-corrected chi connectivity index (χ0v) is 9.34. The fourth-order valence-corrected chi connectivity index (χ4v) is 1.54. The summed E-state index contributed by atoms with van der Waals surface area (Å²) in [5, 5.41) is 3.19. The minimum Gasteiger partial charge on any atom is -0.334 e. The molecule has 1 heterocycles. The summed E-state index contributed by atoms with van der Waals surface area (Å²) in [5.41, 5.74) is 1.07. The Morgan fingerprint density at radius 2 is 2.14 bits per heavy atom. The molecule has 0 radical (unpaired) electrons. The fraction of sp³-hybridized carbons (Fsp3) is 0.727. The summed E-state index contributed by atoms with van der Waals surface area (Å²) in [6.45, 7) is 8.79. The number of hydrogen-bond donors (Lipinski definition) is 1. The molecule has 0 bridgehead atoms. The molecule has 0 atom stereocenters. The van der Waals surface area contributed by atoms with E-state index in [0.29, 0.717) is 6.04 Å². The molecule has 80 valence electrons. The van der Waals surface area contributed by atoms with Crippen LogP contribution < -0.4 is 5.32 Å². The Bertz CT molecular complexity index is 227. The van der Waals surface area contributed by atoms with Crippen molar-refractivity contribution in [3.8, 4) is 0 Å².